The minimum Gasteiger partial charge on any atom is -0.324 e. The largest absolute Gasteiger partial charge is 0.324 e. The van der Waals surface area contributed by atoms with Crippen LogP contribution in [0.5, 0.6) is 0 Å². The van der Waals surface area contributed by atoms with Crippen LogP contribution in [0.2, 0.25) is 0 Å². The van der Waals surface area contributed by atoms with Gasteiger partial charge in [0.15, 0.2) is 0 Å². The van der Waals surface area contributed by atoms with Crippen LogP contribution < -0.4 is 5.73 Å². The van der Waals surface area contributed by atoms with Gasteiger partial charge in [-0.15, -0.1) is 0 Å². The van der Waals surface area contributed by atoms with Gasteiger partial charge >= 0.3 is 0 Å². The Bertz CT molecular complexity index is 425. The molecule has 0 bridgehead atoms. The minimum absolute atomic E-state index is 0.102. The first kappa shape index (κ1) is 10.9. The van der Waals surface area contributed by atoms with Crippen molar-refractivity contribution in [3.8, 4) is 0 Å². The number of thiophene rings is 1. The van der Waals surface area contributed by atoms with Crippen molar-refractivity contribution < 1.29 is 0 Å². The maximum Gasteiger partial charge on any atom is 0.0344 e. The monoisotopic (exact) mass is 281 g/mol. The Balaban J connectivity index is 2.09. The SMILES string of the molecule is NC(Cc1cccc(Br)c1)c1ccsc1. The van der Waals surface area contributed by atoms with Crippen molar-refractivity contribution in [1.29, 1.82) is 0 Å². The number of halogens is 1. The second-order valence-electron chi connectivity index (χ2n) is 3.50. The third kappa shape index (κ3) is 2.91. The Labute approximate surface area is 102 Å². The average molecular weight is 282 g/mol. The van der Waals surface area contributed by atoms with Crippen LogP contribution in [0, 0.1) is 0 Å². The molecule has 0 aliphatic carbocycles. The number of rotatable bonds is 3. The van der Waals surface area contributed by atoms with E-state index in [-0.39, 0.29) is 6.04 Å². The summed E-state index contributed by atoms with van der Waals surface area (Å²) in [5.41, 5.74) is 8.60. The Morgan fingerprint density at radius 3 is 2.87 bits per heavy atom. The third-order valence-corrected chi connectivity index (χ3v) is 3.51. The van der Waals surface area contributed by atoms with Crippen LogP contribution in [-0.2, 0) is 6.42 Å². The first-order chi connectivity index (χ1) is 7.25. The molecule has 1 aromatic heterocycles. The topological polar surface area (TPSA) is 26.0 Å². The van der Waals surface area contributed by atoms with E-state index in [9.17, 15) is 0 Å². The molecule has 0 aliphatic rings. The molecule has 0 radical (unpaired) electrons. The second-order valence-corrected chi connectivity index (χ2v) is 5.19. The van der Waals surface area contributed by atoms with E-state index in [1.807, 2.05) is 12.1 Å². The van der Waals surface area contributed by atoms with Gasteiger partial charge < -0.3 is 5.73 Å². The summed E-state index contributed by atoms with van der Waals surface area (Å²) >= 11 is 5.15. The molecular weight excluding hydrogens is 270 g/mol. The highest BCUT2D eigenvalue weighted by molar-refractivity contribution is 9.10. The van der Waals surface area contributed by atoms with Crippen LogP contribution in [0.3, 0.4) is 0 Å². The Morgan fingerprint density at radius 1 is 1.33 bits per heavy atom. The quantitative estimate of drug-likeness (QED) is 0.911. The van der Waals surface area contributed by atoms with E-state index >= 15 is 0 Å². The molecule has 3 heteroatoms. The molecular formula is C12H12BrNS. The molecule has 1 atom stereocenters. The molecule has 2 rings (SSSR count). The number of hydrogen-bond acceptors (Lipinski definition) is 2. The fraction of sp³-hybridized carbons (Fsp3) is 0.167. The summed E-state index contributed by atoms with van der Waals surface area (Å²) in [5.74, 6) is 0. The number of benzene rings is 1. The van der Waals surface area contributed by atoms with E-state index in [0.717, 1.165) is 10.9 Å². The lowest BCUT2D eigenvalue weighted by molar-refractivity contribution is 0.725. The molecule has 0 aliphatic heterocycles. The highest BCUT2D eigenvalue weighted by atomic mass is 79.9. The summed E-state index contributed by atoms with van der Waals surface area (Å²) in [4.78, 5) is 0. The smallest absolute Gasteiger partial charge is 0.0344 e. The summed E-state index contributed by atoms with van der Waals surface area (Å²) in [6, 6.07) is 10.5. The zero-order valence-corrected chi connectivity index (χ0v) is 10.6. The van der Waals surface area contributed by atoms with Gasteiger partial charge in [-0.25, -0.2) is 0 Å². The zero-order chi connectivity index (χ0) is 10.7. The molecule has 15 heavy (non-hydrogen) atoms. The molecule has 1 unspecified atom stereocenters. The molecule has 0 amide bonds. The van der Waals surface area contributed by atoms with E-state index in [0.29, 0.717) is 0 Å². The standard InChI is InChI=1S/C12H12BrNS/c13-11-3-1-2-9(6-11)7-12(14)10-4-5-15-8-10/h1-6,8,12H,7,14H2. The van der Waals surface area contributed by atoms with Gasteiger partial charge in [-0.05, 0) is 46.5 Å². The molecule has 78 valence electrons. The van der Waals surface area contributed by atoms with Gasteiger partial charge in [0.25, 0.3) is 0 Å². The Morgan fingerprint density at radius 2 is 2.20 bits per heavy atom. The fourth-order valence-electron chi connectivity index (χ4n) is 1.52. The van der Waals surface area contributed by atoms with Gasteiger partial charge in [0.05, 0.1) is 0 Å². The summed E-state index contributed by atoms with van der Waals surface area (Å²) in [7, 11) is 0. The summed E-state index contributed by atoms with van der Waals surface area (Å²) in [6.07, 6.45) is 0.885. The molecule has 2 N–H and O–H groups in total. The van der Waals surface area contributed by atoms with Crippen molar-refractivity contribution in [3.63, 3.8) is 0 Å². The van der Waals surface area contributed by atoms with Gasteiger partial charge in [-0.2, -0.15) is 11.3 Å². The highest BCUT2D eigenvalue weighted by Gasteiger charge is 2.07. The van der Waals surface area contributed by atoms with Crippen LogP contribution in [0.25, 0.3) is 0 Å². The van der Waals surface area contributed by atoms with Crippen molar-refractivity contribution >= 4 is 27.3 Å². The van der Waals surface area contributed by atoms with Gasteiger partial charge in [0, 0.05) is 10.5 Å². The average Bonchev–Trinajstić information content (AvgIpc) is 2.70. The maximum absolute atomic E-state index is 6.11. The third-order valence-electron chi connectivity index (χ3n) is 2.32. The number of hydrogen-bond donors (Lipinski definition) is 1. The van der Waals surface area contributed by atoms with Crippen molar-refractivity contribution in [2.24, 2.45) is 5.73 Å². The summed E-state index contributed by atoms with van der Waals surface area (Å²) in [5, 5.41) is 4.18. The zero-order valence-electron chi connectivity index (χ0n) is 8.19. The lowest BCUT2D eigenvalue weighted by Crippen LogP contribution is -2.12. The highest BCUT2D eigenvalue weighted by Crippen LogP contribution is 2.20. The molecule has 0 saturated carbocycles. The Kier molecular flexibility index (Phi) is 3.57. The normalized spacial score (nSPS) is 12.7. The van der Waals surface area contributed by atoms with E-state index in [2.05, 4.69) is 44.9 Å². The summed E-state index contributed by atoms with van der Waals surface area (Å²) < 4.78 is 1.11. The van der Waals surface area contributed by atoms with Crippen LogP contribution in [0.4, 0.5) is 0 Å². The number of nitrogens with two attached hydrogens (primary N) is 1. The first-order valence-electron chi connectivity index (χ1n) is 4.78. The molecule has 1 heterocycles. The van der Waals surface area contributed by atoms with Crippen LogP contribution >= 0.6 is 27.3 Å². The molecule has 0 saturated heterocycles. The first-order valence-corrected chi connectivity index (χ1v) is 6.51. The summed E-state index contributed by atoms with van der Waals surface area (Å²) in [6.45, 7) is 0. The lowest BCUT2D eigenvalue weighted by atomic mass is 10.0. The molecule has 2 aromatic rings. The molecule has 1 aromatic carbocycles. The maximum atomic E-state index is 6.11. The van der Waals surface area contributed by atoms with Crippen LogP contribution in [0.15, 0.2) is 45.6 Å². The van der Waals surface area contributed by atoms with Crippen LogP contribution in [-0.4, -0.2) is 0 Å². The molecule has 0 spiro atoms. The van der Waals surface area contributed by atoms with E-state index in [1.165, 1.54) is 11.1 Å². The van der Waals surface area contributed by atoms with E-state index in [4.69, 9.17) is 5.73 Å². The molecule has 0 fully saturated rings. The van der Waals surface area contributed by atoms with Crippen molar-refractivity contribution in [2.45, 2.75) is 12.5 Å². The predicted molar refractivity (Wildman–Crippen MR) is 69.1 cm³/mol. The van der Waals surface area contributed by atoms with Gasteiger partial charge in [0.1, 0.15) is 0 Å². The van der Waals surface area contributed by atoms with E-state index in [1.54, 1.807) is 11.3 Å². The van der Waals surface area contributed by atoms with Gasteiger partial charge in [-0.3, -0.25) is 0 Å². The minimum atomic E-state index is 0.102. The van der Waals surface area contributed by atoms with Crippen LogP contribution in [0.1, 0.15) is 17.2 Å². The second kappa shape index (κ2) is 4.92. The fourth-order valence-corrected chi connectivity index (χ4v) is 2.69. The van der Waals surface area contributed by atoms with Crippen molar-refractivity contribution in [3.05, 3.63) is 56.7 Å². The lowest BCUT2D eigenvalue weighted by Gasteiger charge is -2.09. The van der Waals surface area contributed by atoms with E-state index < -0.39 is 0 Å². The Hall–Kier alpha value is -0.640. The van der Waals surface area contributed by atoms with Crippen molar-refractivity contribution in [1.82, 2.24) is 0 Å². The molecule has 1 nitrogen and oxygen atoms in total. The van der Waals surface area contributed by atoms with Crippen molar-refractivity contribution in [2.75, 3.05) is 0 Å². The predicted octanol–water partition coefficient (Wildman–Crippen LogP) is 3.75. The van der Waals surface area contributed by atoms with Gasteiger partial charge in [0.2, 0.25) is 0 Å². The van der Waals surface area contributed by atoms with Gasteiger partial charge in [-0.1, -0.05) is 28.1 Å².